The van der Waals surface area contributed by atoms with Gasteiger partial charge in [0.1, 0.15) is 5.82 Å². The lowest BCUT2D eigenvalue weighted by molar-refractivity contribution is 0.148. The first kappa shape index (κ1) is 18.0. The van der Waals surface area contributed by atoms with E-state index in [9.17, 15) is 12.8 Å². The van der Waals surface area contributed by atoms with Crippen molar-refractivity contribution in [3.8, 4) is 0 Å². The Hall–Kier alpha value is -1.76. The van der Waals surface area contributed by atoms with Gasteiger partial charge in [0.05, 0.1) is 5.75 Å². The standard InChI is InChI=1S/C19H23FN2O2S/c1-15-4-3-5-16(12-15)14-25(23,24)22-11-10-21(2)19(13-22)17-6-8-18(20)9-7-17/h3-9,12,19H,10-11,13-14H2,1-2H3. The van der Waals surface area contributed by atoms with Crippen molar-refractivity contribution in [2.45, 2.75) is 18.7 Å². The van der Waals surface area contributed by atoms with Crippen molar-refractivity contribution in [1.82, 2.24) is 9.21 Å². The van der Waals surface area contributed by atoms with E-state index in [0.717, 1.165) is 16.7 Å². The fourth-order valence-corrected chi connectivity index (χ4v) is 4.76. The van der Waals surface area contributed by atoms with E-state index in [1.165, 1.54) is 12.1 Å². The summed E-state index contributed by atoms with van der Waals surface area (Å²) in [5.74, 6) is -0.278. The summed E-state index contributed by atoms with van der Waals surface area (Å²) in [7, 11) is -1.42. The number of nitrogens with zero attached hydrogens (tertiary/aromatic N) is 2. The van der Waals surface area contributed by atoms with Gasteiger partial charge >= 0.3 is 0 Å². The van der Waals surface area contributed by atoms with Crippen LogP contribution in [-0.4, -0.2) is 44.3 Å². The molecule has 0 amide bonds. The second kappa shape index (κ2) is 7.23. The smallest absolute Gasteiger partial charge is 0.218 e. The van der Waals surface area contributed by atoms with Gasteiger partial charge in [-0.3, -0.25) is 4.90 Å². The van der Waals surface area contributed by atoms with E-state index in [1.54, 1.807) is 16.4 Å². The quantitative estimate of drug-likeness (QED) is 0.840. The lowest BCUT2D eigenvalue weighted by Crippen LogP contribution is -2.49. The number of halogens is 1. The minimum atomic E-state index is -3.39. The normalized spacial score (nSPS) is 19.9. The molecule has 134 valence electrons. The van der Waals surface area contributed by atoms with Crippen LogP contribution in [-0.2, 0) is 15.8 Å². The number of aryl methyl sites for hydroxylation is 1. The fourth-order valence-electron chi connectivity index (χ4n) is 3.25. The van der Waals surface area contributed by atoms with Gasteiger partial charge < -0.3 is 0 Å². The van der Waals surface area contributed by atoms with E-state index in [-0.39, 0.29) is 17.6 Å². The molecule has 0 saturated carbocycles. The molecule has 2 aromatic rings. The summed E-state index contributed by atoms with van der Waals surface area (Å²) in [6, 6.07) is 13.8. The molecule has 0 N–H and O–H groups in total. The second-order valence-electron chi connectivity index (χ2n) is 6.65. The van der Waals surface area contributed by atoms with Crippen LogP contribution in [0.4, 0.5) is 4.39 Å². The molecule has 0 bridgehead atoms. The van der Waals surface area contributed by atoms with Crippen molar-refractivity contribution in [3.05, 3.63) is 71.0 Å². The minimum absolute atomic E-state index is 0.00846. The summed E-state index contributed by atoms with van der Waals surface area (Å²) >= 11 is 0. The summed E-state index contributed by atoms with van der Waals surface area (Å²) in [6.07, 6.45) is 0. The topological polar surface area (TPSA) is 40.6 Å². The summed E-state index contributed by atoms with van der Waals surface area (Å²) < 4.78 is 40.4. The third kappa shape index (κ3) is 4.26. The SMILES string of the molecule is Cc1cccc(CS(=O)(=O)N2CCN(C)C(c3ccc(F)cc3)C2)c1. The monoisotopic (exact) mass is 362 g/mol. The highest BCUT2D eigenvalue weighted by Crippen LogP contribution is 2.26. The number of benzene rings is 2. The highest BCUT2D eigenvalue weighted by atomic mass is 32.2. The number of hydrogen-bond acceptors (Lipinski definition) is 3. The van der Waals surface area contributed by atoms with Crippen LogP contribution in [0.2, 0.25) is 0 Å². The summed E-state index contributed by atoms with van der Waals surface area (Å²) in [5, 5.41) is 0. The van der Waals surface area contributed by atoms with Crippen LogP contribution >= 0.6 is 0 Å². The maximum absolute atomic E-state index is 13.2. The Kier molecular flexibility index (Phi) is 5.22. The highest BCUT2D eigenvalue weighted by molar-refractivity contribution is 7.88. The Balaban J connectivity index is 1.78. The molecule has 1 atom stereocenters. The molecule has 0 spiro atoms. The Bertz CT molecular complexity index is 837. The zero-order chi connectivity index (χ0) is 18.0. The first-order chi connectivity index (χ1) is 11.8. The largest absolute Gasteiger partial charge is 0.297 e. The van der Waals surface area contributed by atoms with Crippen LogP contribution in [0.15, 0.2) is 48.5 Å². The van der Waals surface area contributed by atoms with E-state index in [1.807, 2.05) is 38.2 Å². The zero-order valence-corrected chi connectivity index (χ0v) is 15.3. The Morgan fingerprint density at radius 3 is 2.52 bits per heavy atom. The van der Waals surface area contributed by atoms with Crippen molar-refractivity contribution in [3.63, 3.8) is 0 Å². The Labute approximate surface area is 148 Å². The second-order valence-corrected chi connectivity index (χ2v) is 8.62. The molecule has 6 heteroatoms. The average molecular weight is 362 g/mol. The first-order valence-electron chi connectivity index (χ1n) is 8.34. The van der Waals surface area contributed by atoms with Crippen LogP contribution in [0, 0.1) is 12.7 Å². The van der Waals surface area contributed by atoms with Gasteiger partial charge in [-0.2, -0.15) is 4.31 Å². The summed E-state index contributed by atoms with van der Waals surface area (Å²) in [4.78, 5) is 2.12. The van der Waals surface area contributed by atoms with Crippen LogP contribution in [0.5, 0.6) is 0 Å². The zero-order valence-electron chi connectivity index (χ0n) is 14.5. The number of hydrogen-bond donors (Lipinski definition) is 0. The van der Waals surface area contributed by atoms with Gasteiger partial charge in [0.2, 0.25) is 10.0 Å². The van der Waals surface area contributed by atoms with E-state index in [4.69, 9.17) is 0 Å². The maximum atomic E-state index is 13.2. The molecule has 4 nitrogen and oxygen atoms in total. The molecule has 1 heterocycles. The first-order valence-corrected chi connectivity index (χ1v) is 9.95. The summed E-state index contributed by atoms with van der Waals surface area (Å²) in [6.45, 7) is 3.46. The van der Waals surface area contributed by atoms with Crippen molar-refractivity contribution < 1.29 is 12.8 Å². The molecule has 1 unspecified atom stereocenters. The van der Waals surface area contributed by atoms with E-state index < -0.39 is 10.0 Å². The molecule has 0 aliphatic carbocycles. The van der Waals surface area contributed by atoms with Crippen LogP contribution in [0.25, 0.3) is 0 Å². The highest BCUT2D eigenvalue weighted by Gasteiger charge is 2.32. The Morgan fingerprint density at radius 2 is 1.84 bits per heavy atom. The molecular formula is C19H23FN2O2S. The molecule has 3 rings (SSSR count). The third-order valence-corrected chi connectivity index (χ3v) is 6.51. The van der Waals surface area contributed by atoms with Gasteiger partial charge in [-0.05, 0) is 37.2 Å². The predicted molar refractivity (Wildman–Crippen MR) is 97.1 cm³/mol. The van der Waals surface area contributed by atoms with Gasteiger partial charge in [-0.25, -0.2) is 12.8 Å². The van der Waals surface area contributed by atoms with Gasteiger partial charge in [0.15, 0.2) is 0 Å². The minimum Gasteiger partial charge on any atom is -0.297 e. The van der Waals surface area contributed by atoms with Crippen molar-refractivity contribution in [2.24, 2.45) is 0 Å². The fraction of sp³-hybridized carbons (Fsp3) is 0.368. The van der Waals surface area contributed by atoms with Crippen LogP contribution in [0.1, 0.15) is 22.7 Å². The summed E-state index contributed by atoms with van der Waals surface area (Å²) in [5.41, 5.74) is 2.78. The molecule has 1 aliphatic rings. The van der Waals surface area contributed by atoms with Gasteiger partial charge in [-0.15, -0.1) is 0 Å². The molecular weight excluding hydrogens is 339 g/mol. The predicted octanol–water partition coefficient (Wildman–Crippen LogP) is 2.95. The molecule has 25 heavy (non-hydrogen) atoms. The third-order valence-electron chi connectivity index (χ3n) is 4.69. The van der Waals surface area contributed by atoms with Gasteiger partial charge in [0.25, 0.3) is 0 Å². The van der Waals surface area contributed by atoms with Crippen molar-refractivity contribution in [1.29, 1.82) is 0 Å². The molecule has 1 fully saturated rings. The van der Waals surface area contributed by atoms with E-state index in [0.29, 0.717) is 19.6 Å². The molecule has 1 saturated heterocycles. The molecule has 0 radical (unpaired) electrons. The number of sulfonamides is 1. The lowest BCUT2D eigenvalue weighted by Gasteiger charge is -2.39. The number of piperazine rings is 1. The van der Waals surface area contributed by atoms with E-state index >= 15 is 0 Å². The lowest BCUT2D eigenvalue weighted by atomic mass is 10.0. The molecule has 1 aliphatic heterocycles. The van der Waals surface area contributed by atoms with Crippen LogP contribution in [0.3, 0.4) is 0 Å². The average Bonchev–Trinajstić information content (AvgIpc) is 2.55. The Morgan fingerprint density at radius 1 is 1.12 bits per heavy atom. The van der Waals surface area contributed by atoms with Crippen molar-refractivity contribution >= 4 is 10.0 Å². The number of likely N-dealkylation sites (N-methyl/N-ethyl adjacent to an activating group) is 1. The van der Waals surface area contributed by atoms with Gasteiger partial charge in [-0.1, -0.05) is 42.0 Å². The van der Waals surface area contributed by atoms with Crippen molar-refractivity contribution in [2.75, 3.05) is 26.7 Å². The van der Waals surface area contributed by atoms with E-state index in [2.05, 4.69) is 4.90 Å². The molecule has 0 aromatic heterocycles. The van der Waals surface area contributed by atoms with Gasteiger partial charge in [0, 0.05) is 25.7 Å². The molecule has 2 aromatic carbocycles. The maximum Gasteiger partial charge on any atom is 0.218 e. The van der Waals surface area contributed by atoms with Crippen LogP contribution < -0.4 is 0 Å². The number of rotatable bonds is 4.